The molecule has 2 N–H and O–H groups in total. The molecule has 0 radical (unpaired) electrons. The Hall–Kier alpha value is -1.13. The number of pyridine rings is 1. The molecular formula is C14H23N3O. The third kappa shape index (κ3) is 3.43. The topological polar surface area (TPSA) is 48.4 Å². The molecule has 0 aliphatic carbocycles. The summed E-state index contributed by atoms with van der Waals surface area (Å²) in [6, 6.07) is 4.17. The summed E-state index contributed by atoms with van der Waals surface area (Å²) in [4.78, 5) is 6.68. The molecule has 2 heterocycles. The number of rotatable bonds is 4. The fourth-order valence-electron chi connectivity index (χ4n) is 2.56. The summed E-state index contributed by atoms with van der Waals surface area (Å²) in [5.41, 5.74) is 1.30. The summed E-state index contributed by atoms with van der Waals surface area (Å²) in [6.45, 7) is 5.03. The maximum absolute atomic E-state index is 9.59. The van der Waals surface area contributed by atoms with Gasteiger partial charge in [-0.05, 0) is 56.5 Å². The lowest BCUT2D eigenvalue weighted by Crippen LogP contribution is -2.36. The molecule has 4 nitrogen and oxygen atoms in total. The van der Waals surface area contributed by atoms with Crippen molar-refractivity contribution in [3.63, 3.8) is 0 Å². The first-order valence-corrected chi connectivity index (χ1v) is 6.72. The Kier molecular flexibility index (Phi) is 4.55. The van der Waals surface area contributed by atoms with Crippen LogP contribution in [0, 0.1) is 5.92 Å². The van der Waals surface area contributed by atoms with Crippen LogP contribution in [0.2, 0.25) is 0 Å². The summed E-state index contributed by atoms with van der Waals surface area (Å²) in [7, 11) is 1.89. The predicted octanol–water partition coefficient (Wildman–Crippen LogP) is 1.72. The van der Waals surface area contributed by atoms with E-state index < -0.39 is 0 Å². The van der Waals surface area contributed by atoms with Gasteiger partial charge in [0.25, 0.3) is 0 Å². The van der Waals surface area contributed by atoms with Gasteiger partial charge in [0.2, 0.25) is 0 Å². The molecule has 0 spiro atoms. The Bertz CT molecular complexity index is 373. The lowest BCUT2D eigenvalue weighted by molar-refractivity contribution is 0.0695. The van der Waals surface area contributed by atoms with Crippen molar-refractivity contribution in [3.8, 4) is 0 Å². The first kappa shape index (κ1) is 13.3. The number of aromatic nitrogens is 1. The Morgan fingerprint density at radius 1 is 1.50 bits per heavy atom. The lowest BCUT2D eigenvalue weighted by atomic mass is 9.92. The number of nitrogens with zero attached hydrogens (tertiary/aromatic N) is 2. The van der Waals surface area contributed by atoms with Gasteiger partial charge in [0.1, 0.15) is 5.82 Å². The Morgan fingerprint density at radius 3 is 2.83 bits per heavy atom. The van der Waals surface area contributed by atoms with Crippen molar-refractivity contribution in [2.24, 2.45) is 5.92 Å². The van der Waals surface area contributed by atoms with E-state index in [-0.39, 0.29) is 6.10 Å². The monoisotopic (exact) mass is 249 g/mol. The molecule has 18 heavy (non-hydrogen) atoms. The number of piperidine rings is 1. The summed E-state index contributed by atoms with van der Waals surface area (Å²) in [5, 5.41) is 12.7. The van der Waals surface area contributed by atoms with Gasteiger partial charge in [0, 0.05) is 19.8 Å². The Morgan fingerprint density at radius 2 is 2.22 bits per heavy atom. The van der Waals surface area contributed by atoms with Gasteiger partial charge in [-0.1, -0.05) is 0 Å². The predicted molar refractivity (Wildman–Crippen MR) is 73.5 cm³/mol. The van der Waals surface area contributed by atoms with Crippen LogP contribution >= 0.6 is 0 Å². The number of nitrogens with one attached hydrogen (secondary N) is 1. The molecule has 100 valence electrons. The molecule has 4 heteroatoms. The van der Waals surface area contributed by atoms with Crippen molar-refractivity contribution in [1.29, 1.82) is 0 Å². The highest BCUT2D eigenvalue weighted by atomic mass is 16.3. The first-order valence-electron chi connectivity index (χ1n) is 6.72. The van der Waals surface area contributed by atoms with Gasteiger partial charge in [-0.25, -0.2) is 4.98 Å². The van der Waals surface area contributed by atoms with Crippen molar-refractivity contribution in [3.05, 3.63) is 23.9 Å². The minimum absolute atomic E-state index is 0.163. The van der Waals surface area contributed by atoms with Crippen LogP contribution in [0.15, 0.2) is 18.3 Å². The second-order valence-corrected chi connectivity index (χ2v) is 5.15. The zero-order chi connectivity index (χ0) is 13.0. The van der Waals surface area contributed by atoms with E-state index in [1.54, 1.807) is 0 Å². The van der Waals surface area contributed by atoms with E-state index in [9.17, 15) is 5.11 Å². The molecule has 1 fully saturated rings. The quantitative estimate of drug-likeness (QED) is 0.853. The number of hydrogen-bond donors (Lipinski definition) is 2. The molecule has 2 rings (SSSR count). The normalized spacial score (nSPS) is 19.7. The highest BCUT2D eigenvalue weighted by molar-refractivity contribution is 5.36. The number of likely N-dealkylation sites (tertiary alicyclic amines) is 1. The molecule has 1 aliphatic heterocycles. The molecule has 0 bridgehead atoms. The van der Waals surface area contributed by atoms with Crippen LogP contribution in [0.1, 0.15) is 25.3 Å². The molecule has 0 amide bonds. The average Bonchev–Trinajstić information content (AvgIpc) is 2.39. The largest absolute Gasteiger partial charge is 0.393 e. The SMILES string of the molecule is CNc1cc(CN2CCC(C(C)O)CC2)ccn1. The Balaban J connectivity index is 1.87. The molecule has 1 aromatic heterocycles. The van der Waals surface area contributed by atoms with Crippen LogP contribution in [-0.2, 0) is 6.54 Å². The molecule has 1 aliphatic rings. The highest BCUT2D eigenvalue weighted by Crippen LogP contribution is 2.22. The van der Waals surface area contributed by atoms with Gasteiger partial charge in [-0.2, -0.15) is 0 Å². The Labute approximate surface area is 109 Å². The fourth-order valence-corrected chi connectivity index (χ4v) is 2.56. The third-order valence-electron chi connectivity index (χ3n) is 3.80. The fraction of sp³-hybridized carbons (Fsp3) is 0.643. The van der Waals surface area contributed by atoms with Crippen LogP contribution in [0.3, 0.4) is 0 Å². The van der Waals surface area contributed by atoms with E-state index >= 15 is 0 Å². The lowest BCUT2D eigenvalue weighted by Gasteiger charge is -2.33. The van der Waals surface area contributed by atoms with Crippen molar-refractivity contribution in [1.82, 2.24) is 9.88 Å². The van der Waals surface area contributed by atoms with Gasteiger partial charge in [0.05, 0.1) is 6.10 Å². The summed E-state index contributed by atoms with van der Waals surface area (Å²) in [5.74, 6) is 1.40. The molecule has 1 atom stereocenters. The number of anilines is 1. The number of aliphatic hydroxyl groups excluding tert-OH is 1. The molecule has 1 unspecified atom stereocenters. The zero-order valence-corrected chi connectivity index (χ0v) is 11.3. The highest BCUT2D eigenvalue weighted by Gasteiger charge is 2.22. The van der Waals surface area contributed by atoms with Crippen molar-refractivity contribution in [2.45, 2.75) is 32.4 Å². The number of aliphatic hydroxyl groups is 1. The molecular weight excluding hydrogens is 226 g/mol. The van der Waals surface area contributed by atoms with Gasteiger partial charge in [-0.15, -0.1) is 0 Å². The molecule has 0 aromatic carbocycles. The van der Waals surface area contributed by atoms with E-state index in [1.807, 2.05) is 20.2 Å². The zero-order valence-electron chi connectivity index (χ0n) is 11.3. The second-order valence-electron chi connectivity index (χ2n) is 5.15. The van der Waals surface area contributed by atoms with E-state index in [0.717, 1.165) is 38.3 Å². The van der Waals surface area contributed by atoms with E-state index in [1.165, 1.54) is 5.56 Å². The van der Waals surface area contributed by atoms with Crippen LogP contribution < -0.4 is 5.32 Å². The van der Waals surface area contributed by atoms with Crippen LogP contribution in [-0.4, -0.2) is 41.2 Å². The van der Waals surface area contributed by atoms with Crippen molar-refractivity contribution >= 4 is 5.82 Å². The van der Waals surface area contributed by atoms with Gasteiger partial charge >= 0.3 is 0 Å². The van der Waals surface area contributed by atoms with E-state index in [2.05, 4.69) is 27.3 Å². The summed E-state index contributed by atoms with van der Waals surface area (Å²) < 4.78 is 0. The standard InChI is InChI=1S/C14H23N3O/c1-11(18)13-4-7-17(8-5-13)10-12-3-6-16-14(9-12)15-2/h3,6,9,11,13,18H,4-5,7-8,10H2,1-2H3,(H,15,16). The molecule has 1 aromatic rings. The molecule has 0 saturated carbocycles. The summed E-state index contributed by atoms with van der Waals surface area (Å²) >= 11 is 0. The van der Waals surface area contributed by atoms with E-state index in [0.29, 0.717) is 5.92 Å². The van der Waals surface area contributed by atoms with Gasteiger partial charge in [-0.3, -0.25) is 4.90 Å². The maximum atomic E-state index is 9.59. The van der Waals surface area contributed by atoms with E-state index in [4.69, 9.17) is 0 Å². The second kappa shape index (κ2) is 6.16. The van der Waals surface area contributed by atoms with Gasteiger partial charge < -0.3 is 10.4 Å². The van der Waals surface area contributed by atoms with Crippen LogP contribution in [0.25, 0.3) is 0 Å². The van der Waals surface area contributed by atoms with Crippen LogP contribution in [0.4, 0.5) is 5.82 Å². The van der Waals surface area contributed by atoms with Crippen molar-refractivity contribution in [2.75, 3.05) is 25.5 Å². The molecule has 1 saturated heterocycles. The van der Waals surface area contributed by atoms with Gasteiger partial charge in [0.15, 0.2) is 0 Å². The van der Waals surface area contributed by atoms with Crippen LogP contribution in [0.5, 0.6) is 0 Å². The smallest absolute Gasteiger partial charge is 0.125 e. The maximum Gasteiger partial charge on any atom is 0.125 e. The van der Waals surface area contributed by atoms with Crippen molar-refractivity contribution < 1.29 is 5.11 Å². The third-order valence-corrected chi connectivity index (χ3v) is 3.80. The summed E-state index contributed by atoms with van der Waals surface area (Å²) in [6.07, 6.45) is 3.89. The average molecular weight is 249 g/mol. The number of hydrogen-bond acceptors (Lipinski definition) is 4. The minimum atomic E-state index is -0.163. The minimum Gasteiger partial charge on any atom is -0.393 e. The first-order chi connectivity index (χ1) is 8.69.